The first-order valence-electron chi connectivity index (χ1n) is 11.8. The Morgan fingerprint density at radius 3 is 1.94 bits per heavy atom. The Bertz CT molecular complexity index is 1290. The van der Waals surface area contributed by atoms with E-state index in [0.717, 1.165) is 22.6 Å². The highest BCUT2D eigenvalue weighted by Gasteiger charge is 2.23. The van der Waals surface area contributed by atoms with Gasteiger partial charge in [-0.3, -0.25) is 5.41 Å². The lowest BCUT2D eigenvalue weighted by atomic mass is 9.78. The number of nitrogens with one attached hydrogen (secondary N) is 1. The van der Waals surface area contributed by atoms with Gasteiger partial charge in [0.25, 0.3) is 0 Å². The van der Waals surface area contributed by atoms with Crippen molar-refractivity contribution in [3.63, 3.8) is 0 Å². The number of rotatable bonds is 9. The van der Waals surface area contributed by atoms with E-state index in [-0.39, 0.29) is 11.3 Å². The normalized spacial score (nSPS) is 11.2. The van der Waals surface area contributed by atoms with Crippen LogP contribution in [0.2, 0.25) is 0 Å². The molecule has 4 aromatic rings. The number of amidine groups is 1. The Kier molecular flexibility index (Phi) is 7.21. The fourth-order valence-electron chi connectivity index (χ4n) is 3.98. The third kappa shape index (κ3) is 6.10. The van der Waals surface area contributed by atoms with Crippen LogP contribution in [0.25, 0.3) is 0 Å². The Morgan fingerprint density at radius 2 is 1.31 bits per heavy atom. The standard InChI is InChI=1S/C31H32N2O2/c1-22-10-14-26(15-11-22)31(2,3)27-8-5-9-29(19-27)35-21-24-7-4-6-23(18-24)20-34-28-16-12-25(13-17-28)30(32)33/h4-19H,20-21H2,1-3H3,(H3,32,33). The minimum atomic E-state index is -0.118. The average molecular weight is 465 g/mol. The van der Waals surface area contributed by atoms with E-state index in [1.165, 1.54) is 16.7 Å². The molecule has 0 bridgehead atoms. The van der Waals surface area contributed by atoms with Gasteiger partial charge < -0.3 is 15.2 Å². The fraction of sp³-hybridized carbons (Fsp3) is 0.194. The van der Waals surface area contributed by atoms with Gasteiger partial charge in [0.15, 0.2) is 0 Å². The summed E-state index contributed by atoms with van der Waals surface area (Å²) in [4.78, 5) is 0. The molecule has 0 saturated heterocycles. The van der Waals surface area contributed by atoms with Crippen LogP contribution in [0.15, 0.2) is 97.1 Å². The summed E-state index contributed by atoms with van der Waals surface area (Å²) in [6.45, 7) is 7.53. The molecule has 3 N–H and O–H groups in total. The monoisotopic (exact) mass is 464 g/mol. The number of nitrogen functional groups attached to an aromatic ring is 1. The van der Waals surface area contributed by atoms with Crippen molar-refractivity contribution in [2.45, 2.75) is 39.4 Å². The van der Waals surface area contributed by atoms with Crippen LogP contribution in [0, 0.1) is 12.3 Å². The number of hydrogen-bond acceptors (Lipinski definition) is 3. The predicted molar refractivity (Wildman–Crippen MR) is 142 cm³/mol. The lowest BCUT2D eigenvalue weighted by molar-refractivity contribution is 0.299. The van der Waals surface area contributed by atoms with Crippen molar-refractivity contribution in [2.75, 3.05) is 0 Å². The smallest absolute Gasteiger partial charge is 0.122 e. The highest BCUT2D eigenvalue weighted by Crippen LogP contribution is 2.33. The van der Waals surface area contributed by atoms with Crippen molar-refractivity contribution < 1.29 is 9.47 Å². The van der Waals surface area contributed by atoms with Crippen molar-refractivity contribution in [1.29, 1.82) is 5.41 Å². The Morgan fingerprint density at radius 1 is 0.714 bits per heavy atom. The molecular formula is C31H32N2O2. The zero-order chi connectivity index (χ0) is 24.8. The van der Waals surface area contributed by atoms with E-state index in [0.29, 0.717) is 18.8 Å². The molecule has 4 heteroatoms. The topological polar surface area (TPSA) is 68.3 Å². The second kappa shape index (κ2) is 10.5. The van der Waals surface area contributed by atoms with E-state index in [9.17, 15) is 0 Å². The zero-order valence-electron chi connectivity index (χ0n) is 20.5. The summed E-state index contributed by atoms with van der Waals surface area (Å²) >= 11 is 0. The maximum atomic E-state index is 7.48. The lowest BCUT2D eigenvalue weighted by Crippen LogP contribution is -2.18. The lowest BCUT2D eigenvalue weighted by Gasteiger charge is -2.26. The molecule has 0 aliphatic rings. The van der Waals surface area contributed by atoms with Crippen molar-refractivity contribution in [2.24, 2.45) is 5.73 Å². The molecule has 0 unspecified atom stereocenters. The largest absolute Gasteiger partial charge is 0.489 e. The van der Waals surface area contributed by atoms with Gasteiger partial charge >= 0.3 is 0 Å². The summed E-state index contributed by atoms with van der Waals surface area (Å²) in [6, 6.07) is 32.5. The maximum absolute atomic E-state index is 7.48. The third-order valence-corrected chi connectivity index (χ3v) is 6.30. The van der Waals surface area contributed by atoms with Gasteiger partial charge in [-0.1, -0.05) is 74.0 Å². The molecule has 0 amide bonds. The molecule has 178 valence electrons. The molecular weight excluding hydrogens is 432 g/mol. The number of hydrogen-bond donors (Lipinski definition) is 2. The van der Waals surface area contributed by atoms with E-state index in [1.54, 1.807) is 12.1 Å². The summed E-state index contributed by atoms with van der Waals surface area (Å²) < 4.78 is 12.1. The van der Waals surface area contributed by atoms with Gasteiger partial charge in [0.2, 0.25) is 0 Å². The van der Waals surface area contributed by atoms with Crippen molar-refractivity contribution in [3.05, 3.63) is 130 Å². The van der Waals surface area contributed by atoms with Crippen molar-refractivity contribution >= 4 is 5.84 Å². The second-order valence-corrected chi connectivity index (χ2v) is 9.35. The number of aryl methyl sites for hydroxylation is 1. The number of ether oxygens (including phenoxy) is 2. The molecule has 4 nitrogen and oxygen atoms in total. The van der Waals surface area contributed by atoms with Crippen LogP contribution in [0.1, 0.15) is 47.2 Å². The number of benzene rings is 4. The summed E-state index contributed by atoms with van der Waals surface area (Å²) in [6.07, 6.45) is 0. The molecule has 0 spiro atoms. The molecule has 0 aliphatic carbocycles. The molecule has 0 saturated carbocycles. The molecule has 0 atom stereocenters. The predicted octanol–water partition coefficient (Wildman–Crippen LogP) is 6.76. The van der Waals surface area contributed by atoms with Crippen LogP contribution >= 0.6 is 0 Å². The van der Waals surface area contributed by atoms with Crippen LogP contribution in [0.4, 0.5) is 0 Å². The van der Waals surface area contributed by atoms with E-state index in [4.69, 9.17) is 20.6 Å². The summed E-state index contributed by atoms with van der Waals surface area (Å²) in [5.41, 5.74) is 12.0. The van der Waals surface area contributed by atoms with Gasteiger partial charge in [-0.25, -0.2) is 0 Å². The van der Waals surface area contributed by atoms with Gasteiger partial charge in [-0.05, 0) is 71.6 Å². The van der Waals surface area contributed by atoms with Crippen LogP contribution in [-0.2, 0) is 18.6 Å². The van der Waals surface area contributed by atoms with Crippen LogP contribution in [0.5, 0.6) is 11.5 Å². The van der Waals surface area contributed by atoms with Gasteiger partial charge in [0, 0.05) is 11.0 Å². The molecule has 0 fully saturated rings. The van der Waals surface area contributed by atoms with Gasteiger partial charge in [0.1, 0.15) is 30.5 Å². The molecule has 0 radical (unpaired) electrons. The first kappa shape index (κ1) is 24.1. The highest BCUT2D eigenvalue weighted by atomic mass is 16.5. The first-order chi connectivity index (χ1) is 16.8. The first-order valence-corrected chi connectivity index (χ1v) is 11.8. The Labute approximate surface area is 207 Å². The summed E-state index contributed by atoms with van der Waals surface area (Å²) in [7, 11) is 0. The van der Waals surface area contributed by atoms with E-state index >= 15 is 0 Å². The fourth-order valence-corrected chi connectivity index (χ4v) is 3.98. The number of nitrogens with two attached hydrogens (primary N) is 1. The SMILES string of the molecule is Cc1ccc(C(C)(C)c2cccc(OCc3cccc(COc4ccc(C(=N)N)cc4)c3)c2)cc1. The molecule has 4 rings (SSSR count). The molecule has 35 heavy (non-hydrogen) atoms. The highest BCUT2D eigenvalue weighted by molar-refractivity contribution is 5.94. The van der Waals surface area contributed by atoms with Crippen LogP contribution in [-0.4, -0.2) is 5.84 Å². The van der Waals surface area contributed by atoms with Crippen LogP contribution < -0.4 is 15.2 Å². The molecule has 0 heterocycles. The van der Waals surface area contributed by atoms with E-state index in [2.05, 4.69) is 75.4 Å². The maximum Gasteiger partial charge on any atom is 0.122 e. The van der Waals surface area contributed by atoms with Gasteiger partial charge in [-0.15, -0.1) is 0 Å². The minimum Gasteiger partial charge on any atom is -0.489 e. The van der Waals surface area contributed by atoms with Gasteiger partial charge in [0.05, 0.1) is 0 Å². The van der Waals surface area contributed by atoms with Gasteiger partial charge in [-0.2, -0.15) is 0 Å². The second-order valence-electron chi connectivity index (χ2n) is 9.35. The van der Waals surface area contributed by atoms with Crippen molar-refractivity contribution in [1.82, 2.24) is 0 Å². The van der Waals surface area contributed by atoms with Crippen LogP contribution in [0.3, 0.4) is 0 Å². The third-order valence-electron chi connectivity index (χ3n) is 6.30. The minimum absolute atomic E-state index is 0.0495. The summed E-state index contributed by atoms with van der Waals surface area (Å²) in [5, 5.41) is 7.48. The quantitative estimate of drug-likeness (QED) is 0.212. The van der Waals surface area contributed by atoms with E-state index < -0.39 is 0 Å². The van der Waals surface area contributed by atoms with Crippen molar-refractivity contribution in [3.8, 4) is 11.5 Å². The molecule has 0 aliphatic heterocycles. The average Bonchev–Trinajstić information content (AvgIpc) is 2.87. The Hall–Kier alpha value is -4.05. The Balaban J connectivity index is 1.39. The molecule has 4 aromatic carbocycles. The van der Waals surface area contributed by atoms with E-state index in [1.807, 2.05) is 30.3 Å². The summed E-state index contributed by atoms with van der Waals surface area (Å²) in [5.74, 6) is 1.65. The zero-order valence-corrected chi connectivity index (χ0v) is 20.5. The molecule has 0 aromatic heterocycles.